The Balaban J connectivity index is 1.11. The lowest BCUT2D eigenvalue weighted by molar-refractivity contribution is -0.173. The number of carbonyl (C=O) groups excluding carboxylic acids is 7. The van der Waals surface area contributed by atoms with Crippen molar-refractivity contribution >= 4 is 53.5 Å². The van der Waals surface area contributed by atoms with Gasteiger partial charge in [-0.2, -0.15) is 0 Å². The highest BCUT2D eigenvalue weighted by molar-refractivity contribution is 8.00. The zero-order valence-corrected chi connectivity index (χ0v) is 36.4. The molecular formula is C47H48N4O12S. The molecule has 3 amide bonds. The number of hydrazine groups is 1. The Hall–Kier alpha value is -6.98. The van der Waals surface area contributed by atoms with E-state index in [1.807, 2.05) is 12.1 Å². The van der Waals surface area contributed by atoms with Gasteiger partial charge >= 0.3 is 30.0 Å². The summed E-state index contributed by atoms with van der Waals surface area (Å²) in [5.74, 6) is -0.684. The second kappa shape index (κ2) is 20.9. The van der Waals surface area contributed by atoms with Crippen molar-refractivity contribution < 1.29 is 57.2 Å². The van der Waals surface area contributed by atoms with Crippen molar-refractivity contribution in [1.29, 1.82) is 0 Å². The first-order chi connectivity index (χ1) is 30.6. The molecule has 0 spiro atoms. The molecule has 2 heterocycles. The van der Waals surface area contributed by atoms with Crippen molar-refractivity contribution in [1.82, 2.24) is 15.2 Å². The average Bonchev–Trinajstić information content (AvgIpc) is 3.28. The molecule has 1 fully saturated rings. The fourth-order valence-electron chi connectivity index (χ4n) is 6.78. The largest absolute Gasteiger partial charge is 0.461 e. The summed E-state index contributed by atoms with van der Waals surface area (Å²) >= 11 is 1.22. The van der Waals surface area contributed by atoms with E-state index in [0.717, 1.165) is 0 Å². The van der Waals surface area contributed by atoms with Crippen LogP contribution in [0.4, 0.5) is 4.79 Å². The van der Waals surface area contributed by atoms with Crippen LogP contribution in [0.25, 0.3) is 0 Å². The maximum atomic E-state index is 14.1. The molecule has 17 heteroatoms. The van der Waals surface area contributed by atoms with E-state index >= 15 is 0 Å². The molecule has 0 radical (unpaired) electrons. The normalized spacial score (nSPS) is 16.2. The number of hydrogen-bond acceptors (Lipinski definition) is 14. The molecule has 0 aliphatic carbocycles. The van der Waals surface area contributed by atoms with Crippen LogP contribution >= 0.6 is 11.8 Å². The van der Waals surface area contributed by atoms with Gasteiger partial charge in [-0.15, -0.1) is 11.8 Å². The molecule has 64 heavy (non-hydrogen) atoms. The highest BCUT2D eigenvalue weighted by Gasteiger charge is 2.55. The minimum Gasteiger partial charge on any atom is -0.461 e. The maximum absolute atomic E-state index is 14.1. The van der Waals surface area contributed by atoms with Gasteiger partial charge in [0.2, 0.25) is 5.91 Å². The van der Waals surface area contributed by atoms with Gasteiger partial charge in [0, 0.05) is 18.2 Å². The Morgan fingerprint density at radius 1 is 0.750 bits per heavy atom. The first kappa shape index (κ1) is 46.5. The molecular weight excluding hydrogens is 845 g/mol. The molecule has 3 N–H and O–H groups in total. The van der Waals surface area contributed by atoms with E-state index in [9.17, 15) is 33.6 Å². The van der Waals surface area contributed by atoms with Crippen LogP contribution in [-0.4, -0.2) is 94.2 Å². The lowest BCUT2D eigenvalue weighted by atomic mass is 10.0. The number of hydrogen-bond donors (Lipinski definition) is 2. The number of benzene rings is 4. The molecule has 2 aliphatic heterocycles. The van der Waals surface area contributed by atoms with Gasteiger partial charge in [0.25, 0.3) is 5.91 Å². The predicted molar refractivity (Wildman–Crippen MR) is 232 cm³/mol. The number of β-lactam (4-membered cyclic amide) rings is 1. The molecule has 4 aromatic carbocycles. The number of amides is 3. The zero-order valence-electron chi connectivity index (χ0n) is 35.5. The summed E-state index contributed by atoms with van der Waals surface area (Å²) in [4.78, 5) is 94.3. The summed E-state index contributed by atoms with van der Waals surface area (Å²) in [7, 11) is 0. The number of carbonyl (C=O) groups is 7. The topological polar surface area (TPSA) is 210 Å². The number of nitrogens with zero attached hydrogens (tertiary/aromatic N) is 2. The summed E-state index contributed by atoms with van der Waals surface area (Å²) in [6.07, 6.45) is -3.05. The highest BCUT2D eigenvalue weighted by Crippen LogP contribution is 2.42. The van der Waals surface area contributed by atoms with Crippen molar-refractivity contribution in [2.75, 3.05) is 25.5 Å². The molecule has 1 saturated heterocycles. The van der Waals surface area contributed by atoms with E-state index in [2.05, 4.69) is 5.32 Å². The third-order valence-electron chi connectivity index (χ3n) is 9.77. The third kappa shape index (κ3) is 11.7. The summed E-state index contributed by atoms with van der Waals surface area (Å²) in [6, 6.07) is 34.6. The van der Waals surface area contributed by atoms with E-state index in [0.29, 0.717) is 32.8 Å². The predicted octanol–water partition coefficient (Wildman–Crippen LogP) is 5.14. The van der Waals surface area contributed by atoms with Crippen LogP contribution in [0.15, 0.2) is 133 Å². The third-order valence-corrected chi connectivity index (χ3v) is 11.1. The summed E-state index contributed by atoms with van der Waals surface area (Å²) < 4.78 is 27.9. The van der Waals surface area contributed by atoms with Crippen LogP contribution in [0.2, 0.25) is 0 Å². The van der Waals surface area contributed by atoms with Crippen LogP contribution in [0.5, 0.6) is 0 Å². The van der Waals surface area contributed by atoms with E-state index in [4.69, 9.17) is 29.5 Å². The molecule has 3 atom stereocenters. The SMILES string of the molecule is CC(=O)OCC1=C(C(=O)OC(c2ccccc2)c2ccccc2)N2C(=O)[C@@H](NC(=O)CN(N)C(=O)OC[C@H](C(=O)OC(c3ccccc3)c3ccccc3)C(=O)OC(C)(C)C)[C@H]2SC1. The fourth-order valence-corrected chi connectivity index (χ4v) is 8.11. The fraction of sp³-hybridized carbons (Fsp3) is 0.298. The van der Waals surface area contributed by atoms with Gasteiger partial charge < -0.3 is 29.0 Å². The van der Waals surface area contributed by atoms with Gasteiger partial charge in [-0.25, -0.2) is 20.4 Å². The van der Waals surface area contributed by atoms with Crippen molar-refractivity contribution in [3.8, 4) is 0 Å². The number of rotatable bonds is 16. The molecule has 4 aromatic rings. The number of nitrogens with two attached hydrogens (primary N) is 1. The Kier molecular flexibility index (Phi) is 15.2. The zero-order chi connectivity index (χ0) is 46.0. The van der Waals surface area contributed by atoms with Crippen LogP contribution in [0, 0.1) is 5.92 Å². The second-order valence-corrected chi connectivity index (χ2v) is 16.8. The number of esters is 4. The van der Waals surface area contributed by atoms with Gasteiger partial charge in [-0.3, -0.25) is 28.9 Å². The summed E-state index contributed by atoms with van der Waals surface area (Å²) in [5.41, 5.74) is 1.80. The number of thioether (sulfide) groups is 1. The molecule has 2 aliphatic rings. The lowest BCUT2D eigenvalue weighted by Crippen LogP contribution is -2.71. The minimum absolute atomic E-state index is 0.113. The molecule has 16 nitrogen and oxygen atoms in total. The van der Waals surface area contributed by atoms with Gasteiger partial charge in [0.05, 0.1) is 0 Å². The van der Waals surface area contributed by atoms with E-state index in [1.54, 1.807) is 130 Å². The standard InChI is InChI=1S/C47H48N4O12S/c1-29(52)59-26-34-28-64-42-37(41(54)51(42)38(34)45(57)62-40(32-21-13-7-14-22-32)33-23-15-8-16-24-33)49-36(53)25-50(48)46(58)60-27-35(44(56)63-47(2,3)4)43(55)61-39(30-17-9-5-10-18-30)31-19-11-6-12-20-31/h5-24,35,37,39-40,42H,25-28,48H2,1-4H3,(H,49,53)/t35-,37-,42-/m1/s1. The van der Waals surface area contributed by atoms with Crippen LogP contribution in [0.1, 0.15) is 62.2 Å². The van der Waals surface area contributed by atoms with Gasteiger partial charge in [0.15, 0.2) is 18.1 Å². The van der Waals surface area contributed by atoms with Gasteiger partial charge in [-0.1, -0.05) is 121 Å². The Morgan fingerprint density at radius 3 is 1.70 bits per heavy atom. The Bertz CT molecular complexity index is 2280. The quantitative estimate of drug-likeness (QED) is 0.0284. The number of ether oxygens (including phenoxy) is 5. The molecule has 0 unspecified atom stereocenters. The second-order valence-electron chi connectivity index (χ2n) is 15.7. The molecule has 0 saturated carbocycles. The molecule has 6 rings (SSSR count). The van der Waals surface area contributed by atoms with E-state index in [-0.39, 0.29) is 18.1 Å². The number of fused-ring (bicyclic) bond motifs is 1. The van der Waals surface area contributed by atoms with Crippen LogP contribution < -0.4 is 11.2 Å². The smallest absolute Gasteiger partial charge is 0.424 e. The van der Waals surface area contributed by atoms with Crippen LogP contribution in [-0.2, 0) is 52.5 Å². The first-order valence-electron chi connectivity index (χ1n) is 20.2. The van der Waals surface area contributed by atoms with E-state index < -0.39 is 90.1 Å². The Labute approximate surface area is 373 Å². The average molecular weight is 893 g/mol. The highest BCUT2D eigenvalue weighted by atomic mass is 32.2. The first-order valence-corrected chi connectivity index (χ1v) is 21.3. The van der Waals surface area contributed by atoms with Gasteiger partial charge in [-0.05, 0) is 43.0 Å². The monoisotopic (exact) mass is 892 g/mol. The molecule has 0 aromatic heterocycles. The Morgan fingerprint density at radius 2 is 1.23 bits per heavy atom. The summed E-state index contributed by atoms with van der Waals surface area (Å²) in [5, 5.41) is 2.19. The van der Waals surface area contributed by atoms with Crippen LogP contribution in [0.3, 0.4) is 0 Å². The molecule has 334 valence electrons. The molecule has 0 bridgehead atoms. The van der Waals surface area contributed by atoms with Crippen molar-refractivity contribution in [3.05, 3.63) is 155 Å². The van der Waals surface area contributed by atoms with Crippen molar-refractivity contribution in [3.63, 3.8) is 0 Å². The van der Waals surface area contributed by atoms with E-state index in [1.165, 1.54) is 23.6 Å². The maximum Gasteiger partial charge on any atom is 0.424 e. The summed E-state index contributed by atoms with van der Waals surface area (Å²) in [6.45, 7) is 4.10. The van der Waals surface area contributed by atoms with Crippen molar-refractivity contribution in [2.45, 2.75) is 56.9 Å². The minimum atomic E-state index is -1.74. The van der Waals surface area contributed by atoms with Crippen molar-refractivity contribution in [2.24, 2.45) is 11.8 Å². The number of nitrogens with one attached hydrogen (secondary N) is 1. The lowest BCUT2D eigenvalue weighted by Gasteiger charge is -2.49. The van der Waals surface area contributed by atoms with Gasteiger partial charge in [0.1, 0.15) is 42.5 Å².